The Morgan fingerprint density at radius 1 is 1.16 bits per heavy atom. The molecule has 0 radical (unpaired) electrons. The van der Waals surface area contributed by atoms with Crippen molar-refractivity contribution >= 4 is 0 Å². The number of hydrogen-bond donors (Lipinski definition) is 1. The lowest BCUT2D eigenvalue weighted by molar-refractivity contribution is 0.412. The van der Waals surface area contributed by atoms with Crippen LogP contribution in [0.1, 0.15) is 74.1 Å². The molecule has 0 saturated heterocycles. The van der Waals surface area contributed by atoms with Crippen LogP contribution in [-0.4, -0.2) is 18.0 Å². The van der Waals surface area contributed by atoms with E-state index in [1.807, 2.05) is 13.0 Å². The summed E-state index contributed by atoms with van der Waals surface area (Å²) in [6, 6.07) is 0.419. The third-order valence-corrected chi connectivity index (χ3v) is 8.11. The maximum atomic E-state index is 4.52. The number of allylic oxidation sites excluding steroid dienone is 11. The van der Waals surface area contributed by atoms with Crippen LogP contribution in [0.2, 0.25) is 0 Å². The summed E-state index contributed by atoms with van der Waals surface area (Å²) in [7, 11) is 2.18. The minimum atomic E-state index is 0.0508. The fourth-order valence-electron chi connectivity index (χ4n) is 5.37. The molecule has 0 aromatic carbocycles. The SMILES string of the molecule is C=C(C1=C(C)CC(C=C=CC)=C1C)N(C)C1=CCC(N/C(=C/C(=C)C(C)(C)C)C2C=CC=CC2C)CC1. The first-order valence-electron chi connectivity index (χ1n) is 13.9. The molecule has 0 aliphatic heterocycles. The summed E-state index contributed by atoms with van der Waals surface area (Å²) in [5.41, 5.74) is 13.6. The van der Waals surface area contributed by atoms with Gasteiger partial charge in [-0.15, -0.1) is 5.73 Å². The first-order chi connectivity index (χ1) is 17.4. The van der Waals surface area contributed by atoms with Gasteiger partial charge in [-0.1, -0.05) is 76.8 Å². The topological polar surface area (TPSA) is 15.3 Å². The van der Waals surface area contributed by atoms with Gasteiger partial charge < -0.3 is 10.2 Å². The van der Waals surface area contributed by atoms with Crippen molar-refractivity contribution < 1.29 is 0 Å². The van der Waals surface area contributed by atoms with Gasteiger partial charge in [-0.2, -0.15) is 0 Å². The van der Waals surface area contributed by atoms with Gasteiger partial charge in [0.1, 0.15) is 0 Å². The van der Waals surface area contributed by atoms with Gasteiger partial charge in [0, 0.05) is 36.1 Å². The van der Waals surface area contributed by atoms with Crippen LogP contribution < -0.4 is 5.32 Å². The second-order valence-electron chi connectivity index (χ2n) is 11.9. The van der Waals surface area contributed by atoms with Gasteiger partial charge in [-0.25, -0.2) is 0 Å². The van der Waals surface area contributed by atoms with E-state index in [0.717, 1.165) is 31.4 Å². The van der Waals surface area contributed by atoms with E-state index in [4.69, 9.17) is 0 Å². The van der Waals surface area contributed by atoms with E-state index in [1.165, 1.54) is 39.3 Å². The Morgan fingerprint density at radius 3 is 2.46 bits per heavy atom. The van der Waals surface area contributed by atoms with Gasteiger partial charge in [0.25, 0.3) is 0 Å². The van der Waals surface area contributed by atoms with Crippen LogP contribution in [0.3, 0.4) is 0 Å². The van der Waals surface area contributed by atoms with Gasteiger partial charge in [0.15, 0.2) is 0 Å². The van der Waals surface area contributed by atoms with Crippen molar-refractivity contribution in [1.82, 2.24) is 10.2 Å². The van der Waals surface area contributed by atoms with E-state index in [9.17, 15) is 0 Å². The highest BCUT2D eigenvalue weighted by atomic mass is 15.1. The van der Waals surface area contributed by atoms with E-state index in [0.29, 0.717) is 17.9 Å². The third kappa shape index (κ3) is 6.88. The molecule has 2 nitrogen and oxygen atoms in total. The fourth-order valence-corrected chi connectivity index (χ4v) is 5.37. The van der Waals surface area contributed by atoms with Gasteiger partial charge in [-0.05, 0) is 98.3 Å². The summed E-state index contributed by atoms with van der Waals surface area (Å²) < 4.78 is 0. The van der Waals surface area contributed by atoms with Crippen LogP contribution in [-0.2, 0) is 0 Å². The molecular formula is C35H48N2. The lowest BCUT2D eigenvalue weighted by atomic mass is 9.82. The van der Waals surface area contributed by atoms with Gasteiger partial charge in [0.05, 0.1) is 0 Å². The average Bonchev–Trinajstić information content (AvgIpc) is 3.14. The summed E-state index contributed by atoms with van der Waals surface area (Å²) >= 11 is 0. The molecule has 0 spiro atoms. The third-order valence-electron chi connectivity index (χ3n) is 8.11. The predicted molar refractivity (Wildman–Crippen MR) is 162 cm³/mol. The van der Waals surface area contributed by atoms with Crippen molar-refractivity contribution in [3.8, 4) is 0 Å². The molecule has 198 valence electrons. The lowest BCUT2D eigenvalue weighted by Gasteiger charge is -2.34. The molecule has 0 aromatic rings. The largest absolute Gasteiger partial charge is 0.385 e. The molecule has 3 rings (SSSR count). The molecule has 37 heavy (non-hydrogen) atoms. The molecular weight excluding hydrogens is 448 g/mol. The minimum absolute atomic E-state index is 0.0508. The number of rotatable bonds is 8. The van der Waals surface area contributed by atoms with Crippen LogP contribution in [0.25, 0.3) is 0 Å². The van der Waals surface area contributed by atoms with E-state index in [-0.39, 0.29) is 5.41 Å². The van der Waals surface area contributed by atoms with Crippen molar-refractivity contribution in [1.29, 1.82) is 0 Å². The standard InChI is InChI=1S/C35H48N2/c1-11-12-16-29-22-25(3)34(27(29)5)28(6)37(10)31-20-18-30(19-21-31)36-33(23-26(4)35(7,8)9)32-17-14-13-15-24(32)2/h11,13-17,20,23-24,30,32,36H,4,6,18-19,21-22H2,1-3,5,7-10H3/b33-23+. The van der Waals surface area contributed by atoms with Crippen molar-refractivity contribution in [3.05, 3.63) is 112 Å². The highest BCUT2D eigenvalue weighted by Gasteiger charge is 2.27. The summed E-state index contributed by atoms with van der Waals surface area (Å²) in [5.74, 6) is 0.821. The predicted octanol–water partition coefficient (Wildman–Crippen LogP) is 9.09. The zero-order valence-corrected chi connectivity index (χ0v) is 24.5. The quantitative estimate of drug-likeness (QED) is 0.266. The highest BCUT2D eigenvalue weighted by molar-refractivity contribution is 5.57. The molecule has 3 aliphatic carbocycles. The Hall–Kier alpha value is -2.96. The Labute approximate surface area is 227 Å². The average molecular weight is 497 g/mol. The zero-order chi connectivity index (χ0) is 27.3. The Bertz CT molecular complexity index is 1160. The highest BCUT2D eigenvalue weighted by Crippen LogP contribution is 2.39. The summed E-state index contributed by atoms with van der Waals surface area (Å²) in [4.78, 5) is 2.32. The number of hydrogen-bond acceptors (Lipinski definition) is 2. The van der Waals surface area contributed by atoms with E-state index < -0.39 is 0 Å². The van der Waals surface area contributed by atoms with Crippen molar-refractivity contribution in [3.63, 3.8) is 0 Å². The molecule has 0 heterocycles. The maximum Gasteiger partial charge on any atom is 0.0408 e. The maximum absolute atomic E-state index is 4.52. The normalized spacial score (nSPS) is 24.1. The molecule has 0 amide bonds. The van der Waals surface area contributed by atoms with Gasteiger partial charge >= 0.3 is 0 Å². The van der Waals surface area contributed by atoms with Crippen LogP contribution in [0.15, 0.2) is 112 Å². The second-order valence-corrected chi connectivity index (χ2v) is 11.9. The van der Waals surface area contributed by atoms with Gasteiger partial charge in [0.2, 0.25) is 0 Å². The monoisotopic (exact) mass is 496 g/mol. The zero-order valence-electron chi connectivity index (χ0n) is 24.5. The molecule has 0 fully saturated rings. The Balaban J connectivity index is 1.74. The molecule has 1 N–H and O–H groups in total. The van der Waals surface area contributed by atoms with E-state index in [1.54, 1.807) is 0 Å². The Kier molecular flexibility index (Phi) is 9.32. The van der Waals surface area contributed by atoms with Crippen LogP contribution >= 0.6 is 0 Å². The van der Waals surface area contributed by atoms with Crippen molar-refractivity contribution in [2.75, 3.05) is 7.05 Å². The minimum Gasteiger partial charge on any atom is -0.385 e. The Morgan fingerprint density at radius 2 is 1.86 bits per heavy atom. The summed E-state index contributed by atoms with van der Waals surface area (Å²) in [6.07, 6.45) is 21.9. The molecule has 2 heteroatoms. The van der Waals surface area contributed by atoms with Crippen molar-refractivity contribution in [2.24, 2.45) is 17.3 Å². The number of likely N-dealkylation sites (N-methyl/N-ethyl adjacent to an activating group) is 1. The smallest absolute Gasteiger partial charge is 0.0408 e. The van der Waals surface area contributed by atoms with Crippen LogP contribution in [0, 0.1) is 17.3 Å². The fraction of sp³-hybridized carbons (Fsp3) is 0.457. The first kappa shape index (κ1) is 28.6. The van der Waals surface area contributed by atoms with E-state index in [2.05, 4.69) is 120 Å². The number of nitrogens with one attached hydrogen (secondary N) is 1. The van der Waals surface area contributed by atoms with E-state index >= 15 is 0 Å². The molecule has 3 aliphatic rings. The lowest BCUT2D eigenvalue weighted by Crippen LogP contribution is -2.35. The van der Waals surface area contributed by atoms with Crippen molar-refractivity contribution in [2.45, 2.75) is 80.2 Å². The molecule has 0 aromatic heterocycles. The molecule has 3 unspecified atom stereocenters. The molecule has 0 saturated carbocycles. The second kappa shape index (κ2) is 12.1. The van der Waals surface area contributed by atoms with Gasteiger partial charge in [-0.3, -0.25) is 0 Å². The van der Waals surface area contributed by atoms with Crippen LogP contribution in [0.4, 0.5) is 0 Å². The first-order valence-corrected chi connectivity index (χ1v) is 13.9. The van der Waals surface area contributed by atoms with Crippen LogP contribution in [0.5, 0.6) is 0 Å². The molecule has 3 atom stereocenters. The number of nitrogens with zero attached hydrogens (tertiary/aromatic N) is 1. The summed E-state index contributed by atoms with van der Waals surface area (Å²) in [6.45, 7) is 24.4. The summed E-state index contributed by atoms with van der Waals surface area (Å²) in [5, 5.41) is 3.94. The molecule has 0 bridgehead atoms.